The summed E-state index contributed by atoms with van der Waals surface area (Å²) >= 11 is 0. The van der Waals surface area contributed by atoms with Crippen LogP contribution in [0.1, 0.15) is 6.42 Å². The fourth-order valence-corrected chi connectivity index (χ4v) is 1.93. The van der Waals surface area contributed by atoms with Crippen LogP contribution in [0.4, 0.5) is 10.5 Å². The van der Waals surface area contributed by atoms with Gasteiger partial charge in [0.25, 0.3) is 0 Å². The highest BCUT2D eigenvalue weighted by Crippen LogP contribution is 2.35. The number of rotatable bonds is 4. The number of carbonyl (C=O) groups excluding carboxylic acids is 1. The van der Waals surface area contributed by atoms with Gasteiger partial charge in [-0.1, -0.05) is 0 Å². The number of ether oxygens (including phenoxy) is 3. The van der Waals surface area contributed by atoms with Crippen LogP contribution in [0.25, 0.3) is 0 Å². The molecular weight excluding hydrogens is 248 g/mol. The summed E-state index contributed by atoms with van der Waals surface area (Å²) < 4.78 is 15.5. The second kappa shape index (κ2) is 5.48. The zero-order valence-corrected chi connectivity index (χ0v) is 10.8. The van der Waals surface area contributed by atoms with Crippen molar-refractivity contribution < 1.29 is 19.0 Å². The van der Waals surface area contributed by atoms with Gasteiger partial charge in [0.2, 0.25) is 0 Å². The van der Waals surface area contributed by atoms with Gasteiger partial charge in [-0.2, -0.15) is 5.26 Å². The van der Waals surface area contributed by atoms with Crippen LogP contribution in [0.5, 0.6) is 11.5 Å². The Labute approximate surface area is 111 Å². The van der Waals surface area contributed by atoms with Gasteiger partial charge >= 0.3 is 6.09 Å². The highest BCUT2D eigenvalue weighted by molar-refractivity contribution is 5.92. The number of cyclic esters (lactones) is 1. The SMILES string of the molecule is COc1ccc(OC)c(N2CC(CC#N)OC2=O)c1. The summed E-state index contributed by atoms with van der Waals surface area (Å²) in [6, 6.07) is 7.16. The van der Waals surface area contributed by atoms with E-state index in [0.717, 1.165) is 0 Å². The van der Waals surface area contributed by atoms with Crippen LogP contribution >= 0.6 is 0 Å². The number of anilines is 1. The molecule has 1 aromatic rings. The average Bonchev–Trinajstić information content (AvgIpc) is 2.79. The van der Waals surface area contributed by atoms with Crippen LogP contribution in [-0.4, -0.2) is 33.0 Å². The summed E-state index contributed by atoms with van der Waals surface area (Å²) in [6.07, 6.45) is -0.714. The number of nitrogens with zero attached hydrogens (tertiary/aromatic N) is 2. The minimum atomic E-state index is -0.480. The van der Waals surface area contributed by atoms with E-state index in [-0.39, 0.29) is 6.42 Å². The summed E-state index contributed by atoms with van der Waals surface area (Å²) in [5, 5.41) is 8.65. The zero-order valence-electron chi connectivity index (χ0n) is 10.8. The van der Waals surface area contributed by atoms with Crippen molar-refractivity contribution in [2.75, 3.05) is 25.7 Å². The van der Waals surface area contributed by atoms with Gasteiger partial charge in [0, 0.05) is 6.07 Å². The molecular formula is C13H14N2O4. The average molecular weight is 262 g/mol. The van der Waals surface area contributed by atoms with Crippen molar-refractivity contribution in [3.8, 4) is 17.6 Å². The first-order valence-electron chi connectivity index (χ1n) is 5.76. The second-order valence-electron chi connectivity index (χ2n) is 4.02. The van der Waals surface area contributed by atoms with Crippen molar-refractivity contribution >= 4 is 11.8 Å². The predicted octanol–water partition coefficient (Wildman–Crippen LogP) is 1.94. The van der Waals surface area contributed by atoms with Gasteiger partial charge < -0.3 is 14.2 Å². The molecule has 0 radical (unpaired) electrons. The first-order chi connectivity index (χ1) is 9.19. The maximum absolute atomic E-state index is 11.8. The molecule has 6 heteroatoms. The second-order valence-corrected chi connectivity index (χ2v) is 4.02. The van der Waals surface area contributed by atoms with Crippen molar-refractivity contribution in [2.24, 2.45) is 0 Å². The Bertz CT molecular complexity index is 524. The highest BCUT2D eigenvalue weighted by Gasteiger charge is 2.33. The number of nitriles is 1. The Kier molecular flexibility index (Phi) is 3.76. The fourth-order valence-electron chi connectivity index (χ4n) is 1.93. The van der Waals surface area contributed by atoms with Gasteiger partial charge in [0.05, 0.1) is 38.9 Å². The number of hydrogen-bond donors (Lipinski definition) is 0. The topological polar surface area (TPSA) is 71.8 Å². The van der Waals surface area contributed by atoms with Crippen molar-refractivity contribution in [3.63, 3.8) is 0 Å². The Morgan fingerprint density at radius 2 is 2.26 bits per heavy atom. The first kappa shape index (κ1) is 13.0. The van der Waals surface area contributed by atoms with Crippen molar-refractivity contribution in [1.82, 2.24) is 0 Å². The number of benzene rings is 1. The Balaban J connectivity index is 2.30. The maximum Gasteiger partial charge on any atom is 0.414 e. The molecule has 19 heavy (non-hydrogen) atoms. The molecule has 0 spiro atoms. The molecule has 0 N–H and O–H groups in total. The number of amides is 1. The summed E-state index contributed by atoms with van der Waals surface area (Å²) in [7, 11) is 3.08. The minimum Gasteiger partial charge on any atom is -0.497 e. The van der Waals surface area contributed by atoms with Gasteiger partial charge in [-0.3, -0.25) is 4.90 Å². The van der Waals surface area contributed by atoms with Crippen LogP contribution in [-0.2, 0) is 4.74 Å². The number of hydrogen-bond acceptors (Lipinski definition) is 5. The van der Waals surface area contributed by atoms with Gasteiger partial charge in [0.15, 0.2) is 0 Å². The normalized spacial score (nSPS) is 17.8. The summed E-state index contributed by atoms with van der Waals surface area (Å²) in [5.41, 5.74) is 0.576. The molecule has 2 rings (SSSR count). The van der Waals surface area contributed by atoms with E-state index in [1.165, 1.54) is 12.0 Å². The van der Waals surface area contributed by atoms with Crippen LogP contribution < -0.4 is 14.4 Å². The van der Waals surface area contributed by atoms with Crippen LogP contribution in [0.3, 0.4) is 0 Å². The molecule has 0 aromatic heterocycles. The molecule has 0 aliphatic carbocycles. The predicted molar refractivity (Wildman–Crippen MR) is 67.4 cm³/mol. The largest absolute Gasteiger partial charge is 0.497 e. The fraction of sp³-hybridized carbons (Fsp3) is 0.385. The van der Waals surface area contributed by atoms with Gasteiger partial charge in [-0.25, -0.2) is 4.79 Å². The smallest absolute Gasteiger partial charge is 0.414 e. The van der Waals surface area contributed by atoms with Crippen molar-refractivity contribution in [2.45, 2.75) is 12.5 Å². The number of methoxy groups -OCH3 is 2. The molecule has 0 bridgehead atoms. The Morgan fingerprint density at radius 1 is 1.47 bits per heavy atom. The summed E-state index contributed by atoms with van der Waals surface area (Å²) in [6.45, 7) is 0.329. The standard InChI is InChI=1S/C13H14N2O4/c1-17-9-3-4-12(18-2)11(7-9)15-8-10(5-6-14)19-13(15)16/h3-4,7,10H,5,8H2,1-2H3. The van der Waals surface area contributed by atoms with Crippen LogP contribution in [0.15, 0.2) is 18.2 Å². The maximum atomic E-state index is 11.8. The molecule has 100 valence electrons. The molecule has 1 unspecified atom stereocenters. The van der Waals surface area contributed by atoms with E-state index in [1.807, 2.05) is 6.07 Å². The summed E-state index contributed by atoms with van der Waals surface area (Å²) in [5.74, 6) is 1.17. The van der Waals surface area contributed by atoms with E-state index in [1.54, 1.807) is 25.3 Å². The lowest BCUT2D eigenvalue weighted by atomic mass is 10.2. The third-order valence-corrected chi connectivity index (χ3v) is 2.87. The quantitative estimate of drug-likeness (QED) is 0.829. The molecule has 6 nitrogen and oxygen atoms in total. The lowest BCUT2D eigenvalue weighted by Crippen LogP contribution is -2.25. The third-order valence-electron chi connectivity index (χ3n) is 2.87. The molecule has 1 atom stereocenters. The van der Waals surface area contributed by atoms with E-state index in [2.05, 4.69) is 0 Å². The van der Waals surface area contributed by atoms with E-state index in [0.29, 0.717) is 23.7 Å². The molecule has 1 aliphatic rings. The lowest BCUT2D eigenvalue weighted by Gasteiger charge is -2.17. The van der Waals surface area contributed by atoms with Crippen LogP contribution in [0, 0.1) is 11.3 Å². The highest BCUT2D eigenvalue weighted by atomic mass is 16.6. The van der Waals surface area contributed by atoms with Gasteiger partial charge in [-0.05, 0) is 12.1 Å². The Morgan fingerprint density at radius 3 is 2.89 bits per heavy atom. The van der Waals surface area contributed by atoms with Crippen LogP contribution in [0.2, 0.25) is 0 Å². The molecule has 1 heterocycles. The summed E-state index contributed by atoms with van der Waals surface area (Å²) in [4.78, 5) is 13.3. The monoisotopic (exact) mass is 262 g/mol. The third kappa shape index (κ3) is 2.55. The molecule has 0 saturated carbocycles. The number of carbonyl (C=O) groups is 1. The zero-order chi connectivity index (χ0) is 13.8. The van der Waals surface area contributed by atoms with Gasteiger partial charge in [-0.15, -0.1) is 0 Å². The Hall–Kier alpha value is -2.42. The van der Waals surface area contributed by atoms with E-state index >= 15 is 0 Å². The molecule has 1 aromatic carbocycles. The molecule has 1 saturated heterocycles. The first-order valence-corrected chi connectivity index (χ1v) is 5.76. The van der Waals surface area contributed by atoms with E-state index in [4.69, 9.17) is 19.5 Å². The molecule has 1 amide bonds. The van der Waals surface area contributed by atoms with E-state index in [9.17, 15) is 4.79 Å². The lowest BCUT2D eigenvalue weighted by molar-refractivity contribution is 0.143. The van der Waals surface area contributed by atoms with Crippen molar-refractivity contribution in [1.29, 1.82) is 5.26 Å². The van der Waals surface area contributed by atoms with E-state index < -0.39 is 12.2 Å². The van der Waals surface area contributed by atoms with Crippen molar-refractivity contribution in [3.05, 3.63) is 18.2 Å². The van der Waals surface area contributed by atoms with Gasteiger partial charge in [0.1, 0.15) is 17.6 Å². The minimum absolute atomic E-state index is 0.175. The molecule has 1 aliphatic heterocycles. The molecule has 1 fully saturated rings.